The van der Waals surface area contributed by atoms with Crippen molar-refractivity contribution >= 4 is 5.91 Å². The Morgan fingerprint density at radius 3 is 2.67 bits per heavy atom. The fourth-order valence-electron chi connectivity index (χ4n) is 2.46. The Morgan fingerprint density at radius 2 is 2.19 bits per heavy atom. The maximum absolute atomic E-state index is 13.6. The molecule has 1 aliphatic rings. The topological polar surface area (TPSA) is 53.3 Å². The minimum Gasteiger partial charge on any atom is -0.478 e. The molecular formula is C16H19FN2O2. The van der Waals surface area contributed by atoms with Crippen LogP contribution in [-0.2, 0) is 4.79 Å². The van der Waals surface area contributed by atoms with Crippen LogP contribution in [0.2, 0.25) is 0 Å². The van der Waals surface area contributed by atoms with E-state index in [4.69, 9.17) is 4.74 Å². The summed E-state index contributed by atoms with van der Waals surface area (Å²) in [5, 5.41) is 9.30. The third-order valence-corrected chi connectivity index (χ3v) is 4.11. The second kappa shape index (κ2) is 6.13. The standard InChI is InChI=1S/C16H19FN2O2/c1-3-13(21-14-8-5-4-7-12(14)17)15(20)19(2)16(11-18)9-6-10-16/h4-5,7-8,13H,3,6,9-10H2,1-2H3/t13-/m1/s1. The van der Waals surface area contributed by atoms with Gasteiger partial charge in [-0.15, -0.1) is 0 Å². The van der Waals surface area contributed by atoms with Gasteiger partial charge in [0, 0.05) is 7.05 Å². The van der Waals surface area contributed by atoms with E-state index in [1.807, 2.05) is 0 Å². The van der Waals surface area contributed by atoms with Gasteiger partial charge < -0.3 is 9.64 Å². The molecule has 0 bridgehead atoms. The number of nitrogens with zero attached hydrogens (tertiary/aromatic N) is 2. The molecule has 0 aromatic heterocycles. The first-order chi connectivity index (χ1) is 10.0. The molecule has 0 spiro atoms. The van der Waals surface area contributed by atoms with E-state index in [2.05, 4.69) is 6.07 Å². The summed E-state index contributed by atoms with van der Waals surface area (Å²) in [5.74, 6) is -0.710. The van der Waals surface area contributed by atoms with Gasteiger partial charge in [-0.3, -0.25) is 4.79 Å². The van der Waals surface area contributed by atoms with E-state index >= 15 is 0 Å². The zero-order chi connectivity index (χ0) is 15.5. The smallest absolute Gasteiger partial charge is 0.264 e. The van der Waals surface area contributed by atoms with Gasteiger partial charge in [-0.2, -0.15) is 5.26 Å². The quantitative estimate of drug-likeness (QED) is 0.838. The number of carbonyl (C=O) groups excluding carboxylic acids is 1. The average molecular weight is 290 g/mol. The van der Waals surface area contributed by atoms with Gasteiger partial charge in [-0.1, -0.05) is 19.1 Å². The number of amides is 1. The lowest BCUT2D eigenvalue weighted by atomic mass is 9.76. The first kappa shape index (κ1) is 15.3. The molecule has 112 valence electrons. The van der Waals surface area contributed by atoms with Crippen molar-refractivity contribution in [1.82, 2.24) is 4.90 Å². The lowest BCUT2D eigenvalue weighted by molar-refractivity contribution is -0.144. The molecule has 1 fully saturated rings. The highest BCUT2D eigenvalue weighted by Gasteiger charge is 2.45. The molecular weight excluding hydrogens is 271 g/mol. The van der Waals surface area contributed by atoms with Crippen molar-refractivity contribution in [2.75, 3.05) is 7.05 Å². The number of carbonyl (C=O) groups is 1. The lowest BCUT2D eigenvalue weighted by Gasteiger charge is -2.43. The van der Waals surface area contributed by atoms with E-state index in [1.54, 1.807) is 26.1 Å². The van der Waals surface area contributed by atoms with Crippen LogP contribution in [0.4, 0.5) is 4.39 Å². The summed E-state index contributed by atoms with van der Waals surface area (Å²) < 4.78 is 19.1. The SMILES string of the molecule is CC[C@@H](Oc1ccccc1F)C(=O)N(C)C1(C#N)CCC1. The van der Waals surface area contributed by atoms with Crippen LogP contribution in [0.15, 0.2) is 24.3 Å². The van der Waals surface area contributed by atoms with Gasteiger partial charge >= 0.3 is 0 Å². The molecule has 1 saturated carbocycles. The first-order valence-electron chi connectivity index (χ1n) is 7.14. The van der Waals surface area contributed by atoms with Gasteiger partial charge in [0.1, 0.15) is 5.54 Å². The highest BCUT2D eigenvalue weighted by atomic mass is 19.1. The number of hydrogen-bond donors (Lipinski definition) is 0. The number of benzene rings is 1. The fourth-order valence-corrected chi connectivity index (χ4v) is 2.46. The molecule has 0 saturated heterocycles. The molecule has 0 radical (unpaired) electrons. The summed E-state index contributed by atoms with van der Waals surface area (Å²) >= 11 is 0. The Hall–Kier alpha value is -2.09. The van der Waals surface area contributed by atoms with Gasteiger partial charge in [0.25, 0.3) is 5.91 Å². The summed E-state index contributed by atoms with van der Waals surface area (Å²) in [6, 6.07) is 8.23. The molecule has 1 atom stereocenters. The van der Waals surface area contributed by atoms with Crippen molar-refractivity contribution in [3.63, 3.8) is 0 Å². The average Bonchev–Trinajstić information content (AvgIpc) is 2.45. The molecule has 4 nitrogen and oxygen atoms in total. The zero-order valence-electron chi connectivity index (χ0n) is 12.3. The third kappa shape index (κ3) is 2.85. The van der Waals surface area contributed by atoms with Gasteiger partial charge in [0.15, 0.2) is 17.7 Å². The fraction of sp³-hybridized carbons (Fsp3) is 0.500. The van der Waals surface area contributed by atoms with E-state index in [0.717, 1.165) is 6.42 Å². The van der Waals surface area contributed by atoms with Crippen molar-refractivity contribution in [2.45, 2.75) is 44.2 Å². The molecule has 1 aromatic carbocycles. The van der Waals surface area contributed by atoms with E-state index in [9.17, 15) is 14.4 Å². The number of hydrogen-bond acceptors (Lipinski definition) is 3. The molecule has 21 heavy (non-hydrogen) atoms. The molecule has 2 rings (SSSR count). The van der Waals surface area contributed by atoms with Gasteiger partial charge in [-0.05, 0) is 37.8 Å². The Kier molecular flexibility index (Phi) is 4.46. The largest absolute Gasteiger partial charge is 0.478 e. The second-order valence-electron chi connectivity index (χ2n) is 5.34. The summed E-state index contributed by atoms with van der Waals surface area (Å²) in [5.41, 5.74) is -0.719. The molecule has 1 amide bonds. The number of rotatable bonds is 5. The second-order valence-corrected chi connectivity index (χ2v) is 5.34. The molecule has 0 unspecified atom stereocenters. The first-order valence-corrected chi connectivity index (χ1v) is 7.14. The number of likely N-dealkylation sites (N-methyl/N-ethyl adjacent to an activating group) is 1. The van der Waals surface area contributed by atoms with Crippen LogP contribution in [0.1, 0.15) is 32.6 Å². The van der Waals surface area contributed by atoms with Crippen molar-refractivity contribution in [2.24, 2.45) is 0 Å². The highest BCUT2D eigenvalue weighted by molar-refractivity contribution is 5.82. The van der Waals surface area contributed by atoms with Gasteiger partial charge in [0.05, 0.1) is 6.07 Å². The van der Waals surface area contributed by atoms with Crippen LogP contribution in [0.25, 0.3) is 0 Å². The Bertz CT molecular complexity index is 564. The molecule has 0 heterocycles. The summed E-state index contributed by atoms with van der Waals surface area (Å²) in [6.45, 7) is 1.80. The number of para-hydroxylation sites is 1. The van der Waals surface area contributed by atoms with Crippen LogP contribution >= 0.6 is 0 Å². The van der Waals surface area contributed by atoms with Gasteiger partial charge in [-0.25, -0.2) is 4.39 Å². The van der Waals surface area contributed by atoms with E-state index in [-0.39, 0.29) is 11.7 Å². The van der Waals surface area contributed by atoms with Crippen molar-refractivity contribution in [3.05, 3.63) is 30.1 Å². The van der Waals surface area contributed by atoms with Crippen molar-refractivity contribution in [3.8, 4) is 11.8 Å². The van der Waals surface area contributed by atoms with Crippen LogP contribution < -0.4 is 4.74 Å². The minimum atomic E-state index is -0.780. The maximum Gasteiger partial charge on any atom is 0.264 e. The third-order valence-electron chi connectivity index (χ3n) is 4.11. The monoisotopic (exact) mass is 290 g/mol. The normalized spacial score (nSPS) is 17.2. The number of ether oxygens (including phenoxy) is 1. The van der Waals surface area contributed by atoms with Crippen molar-refractivity contribution in [1.29, 1.82) is 5.26 Å². The van der Waals surface area contributed by atoms with Gasteiger partial charge in [0.2, 0.25) is 0 Å². The molecule has 1 aromatic rings. The van der Waals surface area contributed by atoms with Crippen LogP contribution in [0.3, 0.4) is 0 Å². The van der Waals surface area contributed by atoms with E-state index in [0.29, 0.717) is 19.3 Å². The lowest BCUT2D eigenvalue weighted by Crippen LogP contribution is -2.56. The van der Waals surface area contributed by atoms with Crippen LogP contribution in [0.5, 0.6) is 5.75 Å². The molecule has 1 aliphatic carbocycles. The van der Waals surface area contributed by atoms with Crippen LogP contribution in [-0.4, -0.2) is 29.5 Å². The predicted molar refractivity (Wildman–Crippen MR) is 76.1 cm³/mol. The Balaban J connectivity index is 2.12. The van der Waals surface area contributed by atoms with Crippen LogP contribution in [0, 0.1) is 17.1 Å². The number of nitriles is 1. The Labute approximate surface area is 124 Å². The highest BCUT2D eigenvalue weighted by Crippen LogP contribution is 2.37. The predicted octanol–water partition coefficient (Wildman–Crippen LogP) is 2.89. The van der Waals surface area contributed by atoms with Crippen molar-refractivity contribution < 1.29 is 13.9 Å². The summed E-state index contributed by atoms with van der Waals surface area (Å²) in [6.07, 6.45) is 1.94. The maximum atomic E-state index is 13.6. The zero-order valence-corrected chi connectivity index (χ0v) is 12.3. The summed E-state index contributed by atoms with van der Waals surface area (Å²) in [4.78, 5) is 14.0. The van der Waals surface area contributed by atoms with E-state index in [1.165, 1.54) is 17.0 Å². The minimum absolute atomic E-state index is 0.0608. The molecule has 0 aliphatic heterocycles. The Morgan fingerprint density at radius 1 is 1.52 bits per heavy atom. The van der Waals surface area contributed by atoms with E-state index < -0.39 is 17.5 Å². The number of halogens is 1. The summed E-state index contributed by atoms with van der Waals surface area (Å²) in [7, 11) is 1.62. The molecule has 0 N–H and O–H groups in total. The molecule has 5 heteroatoms.